The second-order valence-electron chi connectivity index (χ2n) is 4.50. The van der Waals surface area contributed by atoms with Gasteiger partial charge in [-0.25, -0.2) is 4.68 Å². The Hall–Kier alpha value is -1.79. The van der Waals surface area contributed by atoms with E-state index in [9.17, 15) is 4.79 Å². The number of carbonyl (C=O) groups is 1. The molecular weight excluding hydrogens is 274 g/mol. The normalized spacial score (nSPS) is 13.2. The number of nitrogens with one attached hydrogen (secondary N) is 1. The molecule has 1 aliphatic heterocycles. The van der Waals surface area contributed by atoms with Gasteiger partial charge < -0.3 is 10.1 Å². The van der Waals surface area contributed by atoms with Crippen molar-refractivity contribution in [2.24, 2.45) is 0 Å². The number of carbonyl (C=O) groups excluding carboxylic acids is 1. The van der Waals surface area contributed by atoms with E-state index in [1.54, 1.807) is 4.68 Å². The Morgan fingerprint density at radius 1 is 1.40 bits per heavy atom. The SMILES string of the molecule is COCC(=O)Nc1c2c(nn1-c1ccccc1)CSC2. The number of amides is 1. The molecule has 0 saturated heterocycles. The lowest BCUT2D eigenvalue weighted by Crippen LogP contribution is -2.20. The number of ether oxygens (including phenoxy) is 1. The predicted octanol–water partition coefficient (Wildman–Crippen LogP) is 2.20. The Morgan fingerprint density at radius 2 is 2.20 bits per heavy atom. The van der Waals surface area contributed by atoms with Crippen LogP contribution in [0.1, 0.15) is 11.3 Å². The number of hydrogen-bond donors (Lipinski definition) is 1. The fourth-order valence-electron chi connectivity index (χ4n) is 2.20. The monoisotopic (exact) mass is 289 g/mol. The highest BCUT2D eigenvalue weighted by Crippen LogP contribution is 2.35. The second-order valence-corrected chi connectivity index (χ2v) is 5.48. The van der Waals surface area contributed by atoms with Crippen LogP contribution < -0.4 is 5.32 Å². The van der Waals surface area contributed by atoms with Gasteiger partial charge in [0.1, 0.15) is 12.4 Å². The van der Waals surface area contributed by atoms with Crippen molar-refractivity contribution in [3.8, 4) is 5.69 Å². The molecule has 1 aromatic carbocycles. The molecule has 2 heterocycles. The first kappa shape index (κ1) is 13.2. The van der Waals surface area contributed by atoms with Crippen molar-refractivity contribution in [1.82, 2.24) is 9.78 Å². The number of anilines is 1. The summed E-state index contributed by atoms with van der Waals surface area (Å²) in [6, 6.07) is 9.82. The summed E-state index contributed by atoms with van der Waals surface area (Å²) in [5.74, 6) is 2.37. The van der Waals surface area contributed by atoms with Crippen LogP contribution in [-0.4, -0.2) is 29.4 Å². The molecule has 0 aliphatic carbocycles. The Bertz CT molecular complexity index is 625. The Balaban J connectivity index is 2.00. The lowest BCUT2D eigenvalue weighted by atomic mass is 10.2. The van der Waals surface area contributed by atoms with Gasteiger partial charge in [-0.3, -0.25) is 4.79 Å². The molecule has 20 heavy (non-hydrogen) atoms. The molecule has 1 amide bonds. The van der Waals surface area contributed by atoms with Crippen LogP contribution in [0.2, 0.25) is 0 Å². The van der Waals surface area contributed by atoms with Crippen LogP contribution in [0.25, 0.3) is 5.69 Å². The van der Waals surface area contributed by atoms with Gasteiger partial charge in [0.15, 0.2) is 0 Å². The van der Waals surface area contributed by atoms with Crippen molar-refractivity contribution < 1.29 is 9.53 Å². The smallest absolute Gasteiger partial charge is 0.251 e. The van der Waals surface area contributed by atoms with Crippen molar-refractivity contribution in [3.05, 3.63) is 41.6 Å². The third-order valence-corrected chi connectivity index (χ3v) is 4.06. The standard InChI is InChI=1S/C14H15N3O2S/c1-19-7-13(18)15-14-11-8-20-9-12(11)16-17(14)10-5-3-2-4-6-10/h2-6H,7-9H2,1H3,(H,15,18). The van der Waals surface area contributed by atoms with E-state index >= 15 is 0 Å². The van der Waals surface area contributed by atoms with Gasteiger partial charge >= 0.3 is 0 Å². The van der Waals surface area contributed by atoms with Gasteiger partial charge in [-0.2, -0.15) is 16.9 Å². The number of thioether (sulfide) groups is 1. The van der Waals surface area contributed by atoms with E-state index in [1.807, 2.05) is 42.1 Å². The van der Waals surface area contributed by atoms with Crippen molar-refractivity contribution in [3.63, 3.8) is 0 Å². The van der Waals surface area contributed by atoms with Crippen molar-refractivity contribution in [1.29, 1.82) is 0 Å². The van der Waals surface area contributed by atoms with Crippen LogP contribution in [0.4, 0.5) is 5.82 Å². The molecule has 0 unspecified atom stereocenters. The lowest BCUT2D eigenvalue weighted by Gasteiger charge is -2.10. The van der Waals surface area contributed by atoms with Crippen LogP contribution in [-0.2, 0) is 21.0 Å². The molecule has 1 aromatic heterocycles. The topological polar surface area (TPSA) is 56.1 Å². The number of hydrogen-bond acceptors (Lipinski definition) is 4. The van der Waals surface area contributed by atoms with E-state index in [4.69, 9.17) is 4.74 Å². The zero-order valence-corrected chi connectivity index (χ0v) is 11.9. The van der Waals surface area contributed by atoms with Crippen LogP contribution in [0.15, 0.2) is 30.3 Å². The molecule has 104 valence electrons. The molecule has 1 N–H and O–H groups in total. The maximum atomic E-state index is 11.8. The number of rotatable bonds is 4. The van der Waals surface area contributed by atoms with Crippen molar-refractivity contribution in [2.75, 3.05) is 19.0 Å². The number of aromatic nitrogens is 2. The molecule has 0 saturated carbocycles. The summed E-state index contributed by atoms with van der Waals surface area (Å²) < 4.78 is 6.67. The molecule has 0 atom stereocenters. The van der Waals surface area contributed by atoms with Gasteiger partial charge in [0.2, 0.25) is 0 Å². The fraction of sp³-hybridized carbons (Fsp3) is 0.286. The number of fused-ring (bicyclic) bond motifs is 1. The van der Waals surface area contributed by atoms with E-state index in [1.165, 1.54) is 7.11 Å². The highest BCUT2D eigenvalue weighted by molar-refractivity contribution is 7.98. The number of benzene rings is 1. The molecule has 0 bridgehead atoms. The van der Waals surface area contributed by atoms with Gasteiger partial charge in [-0.05, 0) is 12.1 Å². The Morgan fingerprint density at radius 3 is 2.95 bits per heavy atom. The first-order chi connectivity index (χ1) is 9.79. The molecule has 0 radical (unpaired) electrons. The van der Waals surface area contributed by atoms with Crippen LogP contribution in [0.3, 0.4) is 0 Å². The van der Waals surface area contributed by atoms with Crippen LogP contribution in [0.5, 0.6) is 0 Å². The minimum absolute atomic E-state index is 0.0435. The first-order valence-electron chi connectivity index (χ1n) is 6.32. The molecule has 6 heteroatoms. The highest BCUT2D eigenvalue weighted by Gasteiger charge is 2.24. The maximum absolute atomic E-state index is 11.8. The van der Waals surface area contributed by atoms with Gasteiger partial charge in [0.05, 0.1) is 11.4 Å². The average Bonchev–Trinajstić information content (AvgIpc) is 3.03. The summed E-state index contributed by atoms with van der Waals surface area (Å²) in [4.78, 5) is 11.8. The molecule has 5 nitrogen and oxygen atoms in total. The molecule has 0 fully saturated rings. The lowest BCUT2D eigenvalue weighted by molar-refractivity contribution is -0.119. The van der Waals surface area contributed by atoms with Crippen molar-refractivity contribution in [2.45, 2.75) is 11.5 Å². The zero-order chi connectivity index (χ0) is 13.9. The van der Waals surface area contributed by atoms with E-state index in [2.05, 4.69) is 10.4 Å². The van der Waals surface area contributed by atoms with Crippen LogP contribution >= 0.6 is 11.8 Å². The number of nitrogens with zero attached hydrogens (tertiary/aromatic N) is 2. The highest BCUT2D eigenvalue weighted by atomic mass is 32.2. The largest absolute Gasteiger partial charge is 0.375 e. The Labute approximate surface area is 121 Å². The molecule has 1 aliphatic rings. The minimum Gasteiger partial charge on any atom is -0.375 e. The van der Waals surface area contributed by atoms with Gasteiger partial charge in [0, 0.05) is 24.2 Å². The van der Waals surface area contributed by atoms with E-state index < -0.39 is 0 Å². The summed E-state index contributed by atoms with van der Waals surface area (Å²) in [7, 11) is 1.51. The molecule has 0 spiro atoms. The first-order valence-corrected chi connectivity index (χ1v) is 7.48. The molecule has 2 aromatic rings. The summed E-state index contributed by atoms with van der Waals surface area (Å²) in [5, 5.41) is 7.53. The maximum Gasteiger partial charge on any atom is 0.251 e. The van der Waals surface area contributed by atoms with Gasteiger partial charge in [-0.15, -0.1) is 0 Å². The number of para-hydroxylation sites is 1. The molecule has 3 rings (SSSR count). The summed E-state index contributed by atoms with van der Waals surface area (Å²) in [6.07, 6.45) is 0. The summed E-state index contributed by atoms with van der Waals surface area (Å²) in [6.45, 7) is 0.0435. The third-order valence-electron chi connectivity index (χ3n) is 3.09. The number of methoxy groups -OCH3 is 1. The van der Waals surface area contributed by atoms with Crippen LogP contribution in [0, 0.1) is 0 Å². The quantitative estimate of drug-likeness (QED) is 0.937. The van der Waals surface area contributed by atoms with E-state index in [0.717, 1.165) is 34.3 Å². The van der Waals surface area contributed by atoms with E-state index in [-0.39, 0.29) is 12.5 Å². The average molecular weight is 289 g/mol. The second kappa shape index (κ2) is 5.68. The molecular formula is C14H15N3O2S. The minimum atomic E-state index is -0.163. The third kappa shape index (κ3) is 2.44. The van der Waals surface area contributed by atoms with Gasteiger partial charge in [-0.1, -0.05) is 18.2 Å². The summed E-state index contributed by atoms with van der Waals surface area (Å²) in [5.41, 5.74) is 3.11. The predicted molar refractivity (Wildman–Crippen MR) is 79.1 cm³/mol. The van der Waals surface area contributed by atoms with Crippen molar-refractivity contribution >= 4 is 23.5 Å². The van der Waals surface area contributed by atoms with E-state index in [0.29, 0.717) is 0 Å². The summed E-state index contributed by atoms with van der Waals surface area (Å²) >= 11 is 1.81. The zero-order valence-electron chi connectivity index (χ0n) is 11.1. The van der Waals surface area contributed by atoms with Gasteiger partial charge in [0.25, 0.3) is 5.91 Å². The Kier molecular flexibility index (Phi) is 3.75. The fourth-order valence-corrected chi connectivity index (χ4v) is 3.23.